The Labute approximate surface area is 78.1 Å². The lowest BCUT2D eigenvalue weighted by Crippen LogP contribution is -1.82. The predicted molar refractivity (Wildman–Crippen MR) is 54.1 cm³/mol. The lowest BCUT2D eigenvalue weighted by Gasteiger charge is -1.99. The van der Waals surface area contributed by atoms with E-state index in [-0.39, 0.29) is 0 Å². The first-order chi connectivity index (χ1) is 6.36. The zero-order valence-electron chi connectivity index (χ0n) is 7.27. The third-order valence-corrected chi connectivity index (χ3v) is 1.89. The van der Waals surface area contributed by atoms with E-state index in [4.69, 9.17) is 0 Å². The van der Waals surface area contributed by atoms with E-state index in [1.54, 1.807) is 6.20 Å². The van der Waals surface area contributed by atoms with Crippen LogP contribution < -0.4 is 0 Å². The molecular formula is C12H10N. The van der Waals surface area contributed by atoms with Crippen LogP contribution in [0.5, 0.6) is 0 Å². The van der Waals surface area contributed by atoms with Gasteiger partial charge in [0.1, 0.15) is 0 Å². The highest BCUT2D eigenvalue weighted by molar-refractivity contribution is 5.58. The van der Waals surface area contributed by atoms with Gasteiger partial charge in [0.25, 0.3) is 0 Å². The van der Waals surface area contributed by atoms with Crippen molar-refractivity contribution in [3.63, 3.8) is 0 Å². The Balaban J connectivity index is 2.42. The fourth-order valence-electron chi connectivity index (χ4n) is 1.20. The minimum Gasteiger partial charge on any atom is -0.256 e. The molecule has 1 nitrogen and oxygen atoms in total. The molecule has 1 radical (unpaired) electrons. The zero-order valence-corrected chi connectivity index (χ0v) is 7.27. The maximum atomic E-state index is 4.29. The topological polar surface area (TPSA) is 12.9 Å². The molecule has 63 valence electrons. The first kappa shape index (κ1) is 7.99. The van der Waals surface area contributed by atoms with E-state index in [9.17, 15) is 0 Å². The van der Waals surface area contributed by atoms with Crippen LogP contribution in [-0.2, 0) is 0 Å². The SMILES string of the molecule is [CH2]c1ccc(-c2ccccc2)nc1. The Morgan fingerprint density at radius 2 is 1.69 bits per heavy atom. The average molecular weight is 168 g/mol. The molecule has 0 aliphatic rings. The number of benzene rings is 1. The van der Waals surface area contributed by atoms with Gasteiger partial charge in [-0.2, -0.15) is 0 Å². The third-order valence-electron chi connectivity index (χ3n) is 1.89. The summed E-state index contributed by atoms with van der Waals surface area (Å²) in [5, 5.41) is 0. The highest BCUT2D eigenvalue weighted by Gasteiger charge is 1.95. The van der Waals surface area contributed by atoms with E-state index in [0.29, 0.717) is 0 Å². The molecule has 1 heterocycles. The van der Waals surface area contributed by atoms with Gasteiger partial charge in [-0.05, 0) is 18.6 Å². The average Bonchev–Trinajstić information content (AvgIpc) is 2.20. The van der Waals surface area contributed by atoms with Crippen LogP contribution in [0.15, 0.2) is 48.7 Å². The van der Waals surface area contributed by atoms with Crippen LogP contribution in [0.4, 0.5) is 0 Å². The van der Waals surface area contributed by atoms with Crippen LogP contribution in [0.1, 0.15) is 5.56 Å². The zero-order chi connectivity index (χ0) is 9.10. The van der Waals surface area contributed by atoms with Crippen molar-refractivity contribution < 1.29 is 0 Å². The van der Waals surface area contributed by atoms with Crippen LogP contribution in [0.3, 0.4) is 0 Å². The Kier molecular flexibility index (Phi) is 2.09. The molecule has 1 aromatic carbocycles. The fraction of sp³-hybridized carbons (Fsp3) is 0. The minimum atomic E-state index is 0.944. The summed E-state index contributed by atoms with van der Waals surface area (Å²) in [4.78, 5) is 4.29. The van der Waals surface area contributed by atoms with E-state index >= 15 is 0 Å². The molecule has 0 aliphatic carbocycles. The monoisotopic (exact) mass is 168 g/mol. The van der Waals surface area contributed by atoms with Crippen molar-refractivity contribution in [3.8, 4) is 11.3 Å². The molecule has 2 aromatic rings. The molecule has 0 atom stereocenters. The standard InChI is InChI=1S/C12H10N/c1-10-7-8-12(13-9-10)11-5-3-2-4-6-11/h2-9H,1H2. The van der Waals surface area contributed by atoms with Crippen molar-refractivity contribution >= 4 is 0 Å². The molecule has 0 spiro atoms. The van der Waals surface area contributed by atoms with E-state index in [0.717, 1.165) is 16.8 Å². The van der Waals surface area contributed by atoms with Crippen molar-refractivity contribution in [2.75, 3.05) is 0 Å². The highest BCUT2D eigenvalue weighted by atomic mass is 14.7. The lowest BCUT2D eigenvalue weighted by atomic mass is 10.1. The van der Waals surface area contributed by atoms with E-state index in [1.807, 2.05) is 42.5 Å². The molecule has 0 aliphatic heterocycles. The van der Waals surface area contributed by atoms with Gasteiger partial charge in [-0.3, -0.25) is 4.98 Å². The van der Waals surface area contributed by atoms with Gasteiger partial charge in [0.05, 0.1) is 5.69 Å². The number of hydrogen-bond acceptors (Lipinski definition) is 1. The number of hydrogen-bond donors (Lipinski definition) is 0. The third kappa shape index (κ3) is 1.75. The molecule has 13 heavy (non-hydrogen) atoms. The second-order valence-corrected chi connectivity index (χ2v) is 2.92. The maximum absolute atomic E-state index is 4.29. The van der Waals surface area contributed by atoms with E-state index < -0.39 is 0 Å². The van der Waals surface area contributed by atoms with Crippen molar-refractivity contribution in [2.45, 2.75) is 0 Å². The van der Waals surface area contributed by atoms with Crippen molar-refractivity contribution in [1.82, 2.24) is 4.98 Å². The Morgan fingerprint density at radius 1 is 0.923 bits per heavy atom. The first-order valence-corrected chi connectivity index (χ1v) is 4.20. The summed E-state index contributed by atoms with van der Waals surface area (Å²) in [6.07, 6.45) is 1.78. The number of aromatic nitrogens is 1. The second kappa shape index (κ2) is 3.40. The van der Waals surface area contributed by atoms with Gasteiger partial charge >= 0.3 is 0 Å². The van der Waals surface area contributed by atoms with Crippen molar-refractivity contribution in [2.24, 2.45) is 0 Å². The molecule has 1 heteroatoms. The smallest absolute Gasteiger partial charge is 0.0702 e. The molecular weight excluding hydrogens is 158 g/mol. The molecule has 0 N–H and O–H groups in total. The van der Waals surface area contributed by atoms with Crippen LogP contribution in [0, 0.1) is 6.92 Å². The van der Waals surface area contributed by atoms with E-state index in [1.165, 1.54) is 0 Å². The Morgan fingerprint density at radius 3 is 2.31 bits per heavy atom. The highest BCUT2D eigenvalue weighted by Crippen LogP contribution is 2.15. The van der Waals surface area contributed by atoms with Crippen LogP contribution in [-0.4, -0.2) is 4.98 Å². The molecule has 0 amide bonds. The van der Waals surface area contributed by atoms with Gasteiger partial charge in [-0.25, -0.2) is 0 Å². The van der Waals surface area contributed by atoms with Crippen LogP contribution >= 0.6 is 0 Å². The molecule has 0 saturated carbocycles. The molecule has 0 saturated heterocycles. The quantitative estimate of drug-likeness (QED) is 0.638. The van der Waals surface area contributed by atoms with E-state index in [2.05, 4.69) is 11.9 Å². The minimum absolute atomic E-state index is 0.944. The fourth-order valence-corrected chi connectivity index (χ4v) is 1.20. The first-order valence-electron chi connectivity index (χ1n) is 4.20. The van der Waals surface area contributed by atoms with Crippen molar-refractivity contribution in [1.29, 1.82) is 0 Å². The van der Waals surface area contributed by atoms with Gasteiger partial charge in [-0.15, -0.1) is 0 Å². The van der Waals surface area contributed by atoms with Crippen molar-refractivity contribution in [3.05, 3.63) is 61.1 Å². The molecule has 0 bridgehead atoms. The predicted octanol–water partition coefficient (Wildman–Crippen LogP) is 2.93. The van der Waals surface area contributed by atoms with Gasteiger partial charge < -0.3 is 0 Å². The lowest BCUT2D eigenvalue weighted by molar-refractivity contribution is 1.30. The summed E-state index contributed by atoms with van der Waals surface area (Å²) >= 11 is 0. The molecule has 0 fully saturated rings. The summed E-state index contributed by atoms with van der Waals surface area (Å²) in [5.74, 6) is 0. The summed E-state index contributed by atoms with van der Waals surface area (Å²) in [7, 11) is 0. The van der Waals surface area contributed by atoms with Gasteiger partial charge in [0, 0.05) is 11.8 Å². The second-order valence-electron chi connectivity index (χ2n) is 2.92. The molecule has 1 aromatic heterocycles. The molecule has 0 unspecified atom stereocenters. The normalized spacial score (nSPS) is 9.92. The van der Waals surface area contributed by atoms with Gasteiger partial charge in [0.15, 0.2) is 0 Å². The Hall–Kier alpha value is -1.63. The summed E-state index contributed by atoms with van der Waals surface area (Å²) in [6, 6.07) is 14.1. The number of nitrogens with zero attached hydrogens (tertiary/aromatic N) is 1. The maximum Gasteiger partial charge on any atom is 0.0702 e. The van der Waals surface area contributed by atoms with Gasteiger partial charge in [-0.1, -0.05) is 36.4 Å². The number of pyridine rings is 1. The largest absolute Gasteiger partial charge is 0.256 e. The summed E-state index contributed by atoms with van der Waals surface area (Å²) in [6.45, 7) is 3.79. The van der Waals surface area contributed by atoms with Crippen LogP contribution in [0.2, 0.25) is 0 Å². The summed E-state index contributed by atoms with van der Waals surface area (Å²) in [5.41, 5.74) is 3.08. The van der Waals surface area contributed by atoms with Gasteiger partial charge in [0.2, 0.25) is 0 Å². The van der Waals surface area contributed by atoms with Crippen LogP contribution in [0.25, 0.3) is 11.3 Å². The Bertz CT molecular complexity index is 376. The number of rotatable bonds is 1. The molecule has 2 rings (SSSR count). The summed E-state index contributed by atoms with van der Waals surface area (Å²) < 4.78 is 0.